The number of fused-ring (bicyclic) bond motifs is 2. The molecule has 2 fully saturated rings. The number of benzene rings is 7. The second-order valence-electron chi connectivity index (χ2n) is 20.1. The largest absolute Gasteiger partial charge is 0.505 e. The number of aromatic hydroxyl groups is 2. The number of phenols is 2. The van der Waals surface area contributed by atoms with Gasteiger partial charge in [0.2, 0.25) is 17.2 Å². The maximum atomic E-state index is 12.9. The average molecular weight is 1430 g/mol. The Hall–Kier alpha value is -8.22. The fraction of sp³-hybridized carbons (Fsp3) is 0.180. The van der Waals surface area contributed by atoms with Crippen molar-refractivity contribution < 1.29 is 107 Å². The van der Waals surface area contributed by atoms with Crippen LogP contribution in [-0.4, -0.2) is 138 Å². The van der Waals surface area contributed by atoms with Crippen LogP contribution in [0.5, 0.6) is 23.0 Å². The smallest absolute Gasteiger partial charge is 0.397 e. The highest BCUT2D eigenvalue weighted by atomic mass is 35.5. The molecule has 0 bridgehead atoms. The van der Waals surface area contributed by atoms with Crippen LogP contribution in [0.15, 0.2) is 141 Å². The van der Waals surface area contributed by atoms with Crippen molar-refractivity contribution in [2.24, 2.45) is 30.7 Å². The molecule has 0 amide bonds. The molecule has 8 aromatic rings. The van der Waals surface area contributed by atoms with Gasteiger partial charge in [-0.3, -0.25) is 18.2 Å². The van der Waals surface area contributed by atoms with Gasteiger partial charge in [0, 0.05) is 35.6 Å². The third-order valence-corrected chi connectivity index (χ3v) is 18.7. The third kappa shape index (κ3) is 15.1. The van der Waals surface area contributed by atoms with E-state index in [9.17, 15) is 80.3 Å². The molecule has 15 N–H and O–H groups in total. The highest BCUT2D eigenvalue weighted by Crippen LogP contribution is 2.58. The van der Waals surface area contributed by atoms with Gasteiger partial charge in [-0.15, -0.1) is 30.7 Å². The van der Waals surface area contributed by atoms with Crippen molar-refractivity contribution in [3.63, 3.8) is 0 Å². The first kappa shape index (κ1) is 67.7. The summed E-state index contributed by atoms with van der Waals surface area (Å²) in [6, 6.07) is 18.3. The lowest BCUT2D eigenvalue weighted by atomic mass is 10.1. The van der Waals surface area contributed by atoms with Crippen molar-refractivity contribution in [3.05, 3.63) is 107 Å². The summed E-state index contributed by atoms with van der Waals surface area (Å²) in [7, 11) is -25.8. The molecule has 0 spiro atoms. The molecule has 43 heteroatoms. The minimum atomic E-state index is -5.34. The molecular formula is C50H47ClN12O24S6. The van der Waals surface area contributed by atoms with Crippen molar-refractivity contribution in [1.82, 2.24) is 15.0 Å². The number of nitrogen functional groups attached to an aromatic ring is 1. The van der Waals surface area contributed by atoms with Crippen LogP contribution in [0, 0.1) is 0 Å². The van der Waals surface area contributed by atoms with Crippen LogP contribution in [0.4, 0.5) is 63.1 Å². The molecule has 494 valence electrons. The minimum absolute atomic E-state index is 0.0185. The van der Waals surface area contributed by atoms with E-state index in [0.29, 0.717) is 23.3 Å². The van der Waals surface area contributed by atoms with E-state index in [0.717, 1.165) is 24.3 Å². The average Bonchev–Trinajstić information content (AvgIpc) is 1.54. The molecule has 4 unspecified atom stereocenters. The Morgan fingerprint density at radius 1 is 0.548 bits per heavy atom. The Bertz CT molecular complexity index is 4990. The zero-order valence-electron chi connectivity index (χ0n) is 47.0. The van der Waals surface area contributed by atoms with E-state index in [2.05, 4.69) is 59.3 Å². The molecule has 1 aromatic heterocycles. The number of rotatable bonds is 22. The summed E-state index contributed by atoms with van der Waals surface area (Å²) in [5.41, 5.74) is 3.30. The topological polar surface area (TPSA) is 570 Å². The van der Waals surface area contributed by atoms with Gasteiger partial charge in [0.05, 0.1) is 47.3 Å². The number of anilines is 5. The van der Waals surface area contributed by atoms with Crippen LogP contribution in [0.3, 0.4) is 0 Å². The molecule has 36 nitrogen and oxygen atoms in total. The van der Waals surface area contributed by atoms with Gasteiger partial charge in [0.25, 0.3) is 20.2 Å². The number of nitrogens with two attached hydrogens (primary N) is 1. The molecule has 1 heterocycles. The molecule has 2 aliphatic rings. The van der Waals surface area contributed by atoms with Crippen LogP contribution in [-0.2, 0) is 49.4 Å². The summed E-state index contributed by atoms with van der Waals surface area (Å²) in [6.45, 7) is 0. The second kappa shape index (κ2) is 24.9. The number of phenolic OH excluding ortho intramolecular Hbond substituents is 2. The van der Waals surface area contributed by atoms with Crippen molar-refractivity contribution in [1.29, 1.82) is 0 Å². The molecule has 0 aliphatic heterocycles. The summed E-state index contributed by atoms with van der Waals surface area (Å²) in [5.74, 6) is -3.30. The first-order chi connectivity index (χ1) is 43.3. The molecule has 4 atom stereocenters. The van der Waals surface area contributed by atoms with Gasteiger partial charge in [-0.1, -0.05) is 12.1 Å². The molecule has 93 heavy (non-hydrogen) atoms. The number of nitrogens with one attached hydrogen (secondary N) is 1. The van der Waals surface area contributed by atoms with Crippen LogP contribution in [0.2, 0.25) is 5.28 Å². The summed E-state index contributed by atoms with van der Waals surface area (Å²) < 4.78 is 219. The molecule has 7 aromatic carbocycles. The van der Waals surface area contributed by atoms with Crippen LogP contribution >= 0.6 is 33.3 Å². The van der Waals surface area contributed by atoms with Gasteiger partial charge in [-0.25, -0.2) is 8.37 Å². The summed E-state index contributed by atoms with van der Waals surface area (Å²) in [4.78, 5) is 10.1. The standard InChI is InChI=1S/C50H47ClN12O24S6/c1-63(26-7-8-27-23(12-26)15-39(90(72,73)74)44(46(27)64)61-58-31-14-22(5-10-34(31)85-3)29-20-36(29)87-93(81,82)83)50-55-48(51)54-49(56-50)53-25-6-11-37(88(66,67)68)32(18-25)59-62-45-40(91(75,76)77)17-24-16-38(89(69,70)71)43(42(52)41(24)47(45)65)60-57-30-13-21(4-9-33(30)84-2)28-19-35(28)86-92(78,79)80/h4-18,28-29,35-36,64-65,72-77H,19-20,52H2,1-3H3,(H,66,67,68)(H,69,70,71)(H,78,79,80)(H,81,82,83)(H,53,54,55,56). The monoisotopic (exact) mass is 1430 g/mol. The predicted octanol–water partition coefficient (Wildman–Crippen LogP) is 11.6. The lowest BCUT2D eigenvalue weighted by Crippen LogP contribution is -2.15. The highest BCUT2D eigenvalue weighted by molar-refractivity contribution is 8.19. The number of ether oxygens (including phenoxy) is 2. The quantitative estimate of drug-likeness (QED) is 0.0170. The zero-order chi connectivity index (χ0) is 67.8. The zero-order valence-corrected chi connectivity index (χ0v) is 52.7. The number of hydrogen-bond acceptors (Lipinski definition) is 32. The predicted molar refractivity (Wildman–Crippen MR) is 331 cm³/mol. The van der Waals surface area contributed by atoms with Crippen molar-refractivity contribution in [3.8, 4) is 23.0 Å². The maximum Gasteiger partial charge on any atom is 0.397 e. The third-order valence-electron chi connectivity index (χ3n) is 14.0. The normalized spacial score (nSPS) is 17.6. The van der Waals surface area contributed by atoms with E-state index in [4.69, 9.17) is 35.9 Å². The summed E-state index contributed by atoms with van der Waals surface area (Å²) in [5, 5.41) is 48.5. The van der Waals surface area contributed by atoms with E-state index in [-0.39, 0.29) is 69.8 Å². The van der Waals surface area contributed by atoms with Gasteiger partial charge in [-0.2, -0.15) is 48.6 Å². The van der Waals surface area contributed by atoms with Crippen molar-refractivity contribution in [2.45, 2.75) is 56.5 Å². The number of hydrogen-bond donors (Lipinski definition) is 14. The minimum Gasteiger partial charge on any atom is -0.505 e. The Balaban J connectivity index is 0.962. The van der Waals surface area contributed by atoms with Gasteiger partial charge in [0.1, 0.15) is 77.2 Å². The first-order valence-electron chi connectivity index (χ1n) is 25.7. The van der Waals surface area contributed by atoms with Gasteiger partial charge in [-0.05, 0) is 125 Å². The summed E-state index contributed by atoms with van der Waals surface area (Å²) >= 11 is 6.36. The van der Waals surface area contributed by atoms with Crippen molar-refractivity contribution in [2.75, 3.05) is 37.2 Å². The van der Waals surface area contributed by atoms with E-state index in [1.165, 1.54) is 74.7 Å². The van der Waals surface area contributed by atoms with E-state index >= 15 is 0 Å². The number of nitrogens with zero attached hydrogens (tertiary/aromatic N) is 10. The molecular weight excluding hydrogens is 1380 g/mol. The molecule has 0 saturated heterocycles. The van der Waals surface area contributed by atoms with Gasteiger partial charge >= 0.3 is 20.8 Å². The van der Waals surface area contributed by atoms with Gasteiger partial charge in [0.15, 0.2) is 11.5 Å². The maximum absolute atomic E-state index is 12.9. The number of methoxy groups -OCH3 is 2. The second-order valence-corrected chi connectivity index (χ2v) is 28.3. The molecule has 2 saturated carbocycles. The number of azo groups is 3. The van der Waals surface area contributed by atoms with E-state index in [1.807, 2.05) is 0 Å². The highest BCUT2D eigenvalue weighted by Gasteiger charge is 2.44. The lowest BCUT2D eigenvalue weighted by molar-refractivity contribution is 0.252. The summed E-state index contributed by atoms with van der Waals surface area (Å²) in [6.07, 6.45) is -1.43. The fourth-order valence-corrected chi connectivity index (χ4v) is 13.4. The first-order valence-corrected chi connectivity index (χ1v) is 34.7. The van der Waals surface area contributed by atoms with Gasteiger partial charge < -0.3 is 63.0 Å². The van der Waals surface area contributed by atoms with Crippen LogP contribution in [0.1, 0.15) is 35.8 Å². The van der Waals surface area contributed by atoms with Crippen LogP contribution < -0.4 is 25.4 Å². The number of halogens is 1. The van der Waals surface area contributed by atoms with Crippen molar-refractivity contribution >= 4 is 159 Å². The van der Waals surface area contributed by atoms with Crippen LogP contribution in [0.25, 0.3) is 21.5 Å². The fourth-order valence-electron chi connectivity index (χ4n) is 9.56. The Morgan fingerprint density at radius 2 is 1.04 bits per heavy atom. The Kier molecular flexibility index (Phi) is 18.1. The Morgan fingerprint density at radius 3 is 1.55 bits per heavy atom. The van der Waals surface area contributed by atoms with E-state index < -0.39 is 162 Å². The lowest BCUT2D eigenvalue weighted by Gasteiger charge is -2.23. The number of aromatic nitrogens is 3. The SMILES string of the molecule is COc1ccc(C2CC2OS(=O)(=O)O)cc1N=Nc1c(S(O)(O)O)cc2cc(N(C)c3nc(Cl)nc(Nc4ccc(S(=O)(=O)O)c(N=Nc5c(S(O)(O)O)cc6cc(S(=O)(=O)O)c(N=Nc7cc(C8CC8OS(=O)(=O)O)ccc7OC)c(N)c6c5O)c4)n3)ccc2c1O. The Labute approximate surface area is 532 Å². The molecule has 10 rings (SSSR count). The molecule has 2 aliphatic carbocycles. The molecule has 0 radical (unpaired) electrons. The van der Waals surface area contributed by atoms with E-state index in [1.54, 1.807) is 6.07 Å².